The number of nitrogens with one attached hydrogen (secondary N) is 1. The third-order valence-corrected chi connectivity index (χ3v) is 5.88. The summed E-state index contributed by atoms with van der Waals surface area (Å²) in [4.78, 5) is 23.5. The number of carbonyl (C=O) groups excluding carboxylic acids is 1. The topological polar surface area (TPSA) is 101 Å². The summed E-state index contributed by atoms with van der Waals surface area (Å²) in [7, 11) is 0. The fourth-order valence-corrected chi connectivity index (χ4v) is 4.34. The van der Waals surface area contributed by atoms with Crippen molar-refractivity contribution in [3.05, 3.63) is 59.5 Å². The van der Waals surface area contributed by atoms with Gasteiger partial charge < -0.3 is 10.6 Å². The van der Waals surface area contributed by atoms with E-state index in [1.54, 1.807) is 11.1 Å². The lowest BCUT2D eigenvalue weighted by Gasteiger charge is -2.32. The van der Waals surface area contributed by atoms with Crippen LogP contribution in [0, 0.1) is 0 Å². The Labute approximate surface area is 180 Å². The molecule has 1 atom stereocenters. The van der Waals surface area contributed by atoms with Gasteiger partial charge in [-0.15, -0.1) is 0 Å². The molecule has 1 fully saturated rings. The van der Waals surface area contributed by atoms with Crippen LogP contribution in [0.25, 0.3) is 21.8 Å². The van der Waals surface area contributed by atoms with Gasteiger partial charge in [0.15, 0.2) is 5.65 Å². The molecule has 1 amide bonds. The summed E-state index contributed by atoms with van der Waals surface area (Å²) in [5.74, 6) is -0.771. The first kappa shape index (κ1) is 20.2. The van der Waals surface area contributed by atoms with Gasteiger partial charge >= 0.3 is 6.18 Å². The Kier molecular flexibility index (Phi) is 4.72. The van der Waals surface area contributed by atoms with Crippen molar-refractivity contribution in [2.45, 2.75) is 24.9 Å². The van der Waals surface area contributed by atoms with Gasteiger partial charge in [0.25, 0.3) is 5.91 Å². The molecule has 1 aromatic carbocycles. The number of rotatable bonds is 2. The van der Waals surface area contributed by atoms with Crippen molar-refractivity contribution >= 4 is 33.5 Å². The molecule has 1 aliphatic rings. The lowest BCUT2D eigenvalue weighted by Crippen LogP contribution is -2.39. The third-order valence-electron chi connectivity index (χ3n) is 5.88. The highest BCUT2D eigenvalue weighted by Gasteiger charge is 2.37. The normalized spacial score (nSPS) is 17.2. The Bertz CT molecular complexity index is 1330. The van der Waals surface area contributed by atoms with Crippen molar-refractivity contribution in [2.24, 2.45) is 0 Å². The Morgan fingerprint density at radius 3 is 2.84 bits per heavy atom. The van der Waals surface area contributed by atoms with E-state index in [-0.39, 0.29) is 40.9 Å². The number of hydrogen-bond acceptors (Lipinski definition) is 5. The van der Waals surface area contributed by atoms with E-state index in [0.29, 0.717) is 25.1 Å². The van der Waals surface area contributed by atoms with Crippen molar-refractivity contribution < 1.29 is 18.0 Å². The van der Waals surface area contributed by atoms with E-state index in [1.807, 2.05) is 30.3 Å². The molecule has 4 heterocycles. The predicted octanol–water partition coefficient (Wildman–Crippen LogP) is 4.13. The van der Waals surface area contributed by atoms with Crippen LogP contribution < -0.4 is 5.73 Å². The van der Waals surface area contributed by atoms with Crippen LogP contribution in [0.15, 0.2) is 42.6 Å². The molecule has 0 bridgehead atoms. The van der Waals surface area contributed by atoms with Gasteiger partial charge in [-0.25, -0.2) is 4.98 Å². The Balaban J connectivity index is 1.49. The monoisotopic (exact) mass is 440 g/mol. The number of H-pyrrole nitrogens is 1. The quantitative estimate of drug-likeness (QED) is 0.488. The van der Waals surface area contributed by atoms with Crippen LogP contribution in [0.5, 0.6) is 0 Å². The zero-order valence-corrected chi connectivity index (χ0v) is 16.9. The van der Waals surface area contributed by atoms with E-state index in [2.05, 4.69) is 20.2 Å². The largest absolute Gasteiger partial charge is 0.417 e. The number of likely N-dealkylation sites (tertiary alicyclic amines) is 1. The summed E-state index contributed by atoms with van der Waals surface area (Å²) in [5.41, 5.74) is 5.29. The molecule has 10 heteroatoms. The number of alkyl halides is 3. The van der Waals surface area contributed by atoms with Crippen LogP contribution in [0.4, 0.5) is 19.0 Å². The SMILES string of the molecule is Nc1[nH]nc2nc([C@@H]3CCCN(C(=O)c4nccc5ccccc45)C3)cc(C(F)(F)F)c12. The average Bonchev–Trinajstić information content (AvgIpc) is 3.17. The molecule has 164 valence electrons. The zero-order valence-electron chi connectivity index (χ0n) is 16.9. The lowest BCUT2D eigenvalue weighted by atomic mass is 9.92. The molecule has 0 saturated carbocycles. The number of benzene rings is 1. The maximum absolute atomic E-state index is 13.7. The predicted molar refractivity (Wildman–Crippen MR) is 113 cm³/mol. The van der Waals surface area contributed by atoms with Gasteiger partial charge in [0, 0.05) is 36.3 Å². The molecule has 3 aromatic heterocycles. The summed E-state index contributed by atoms with van der Waals surface area (Å²) in [6.45, 7) is 0.753. The van der Waals surface area contributed by atoms with Crippen LogP contribution in [-0.2, 0) is 6.18 Å². The highest BCUT2D eigenvalue weighted by atomic mass is 19.4. The summed E-state index contributed by atoms with van der Waals surface area (Å²) in [6.07, 6.45) is -1.76. The number of anilines is 1. The van der Waals surface area contributed by atoms with Gasteiger partial charge in [-0.05, 0) is 30.4 Å². The minimum absolute atomic E-state index is 0.0773. The second-order valence-electron chi connectivity index (χ2n) is 7.90. The number of piperidine rings is 1. The number of halogens is 3. The number of amides is 1. The van der Waals surface area contributed by atoms with Crippen LogP contribution in [0.2, 0.25) is 0 Å². The molecular weight excluding hydrogens is 421 g/mol. The average molecular weight is 440 g/mol. The first-order valence-electron chi connectivity index (χ1n) is 10.2. The Morgan fingerprint density at radius 2 is 2.03 bits per heavy atom. The van der Waals surface area contributed by atoms with E-state index in [0.717, 1.165) is 16.8 Å². The molecule has 1 aliphatic heterocycles. The fourth-order valence-electron chi connectivity index (χ4n) is 4.34. The molecule has 4 aromatic rings. The van der Waals surface area contributed by atoms with Gasteiger partial charge in [0.05, 0.1) is 10.9 Å². The smallest absolute Gasteiger partial charge is 0.383 e. The zero-order chi connectivity index (χ0) is 22.5. The van der Waals surface area contributed by atoms with E-state index >= 15 is 0 Å². The van der Waals surface area contributed by atoms with Crippen LogP contribution >= 0.6 is 0 Å². The number of hydrogen-bond donors (Lipinski definition) is 2. The molecule has 3 N–H and O–H groups in total. The van der Waals surface area contributed by atoms with E-state index in [4.69, 9.17) is 5.73 Å². The van der Waals surface area contributed by atoms with Crippen LogP contribution in [-0.4, -0.2) is 44.1 Å². The highest BCUT2D eigenvalue weighted by molar-refractivity contribution is 6.05. The summed E-state index contributed by atoms with van der Waals surface area (Å²) in [5, 5.41) is 7.62. The first-order valence-corrected chi connectivity index (χ1v) is 10.2. The molecule has 0 radical (unpaired) electrons. The van der Waals surface area contributed by atoms with E-state index in [9.17, 15) is 18.0 Å². The number of nitrogens with two attached hydrogens (primary N) is 1. The van der Waals surface area contributed by atoms with Crippen molar-refractivity contribution in [3.8, 4) is 0 Å². The minimum Gasteiger partial charge on any atom is -0.383 e. The number of pyridine rings is 2. The molecule has 0 aliphatic carbocycles. The van der Waals surface area contributed by atoms with Gasteiger partial charge in [-0.2, -0.15) is 18.3 Å². The molecule has 1 saturated heterocycles. The maximum atomic E-state index is 13.7. The van der Waals surface area contributed by atoms with Gasteiger partial charge in [0.1, 0.15) is 11.5 Å². The third kappa shape index (κ3) is 3.41. The second-order valence-corrected chi connectivity index (χ2v) is 7.90. The fraction of sp³-hybridized carbons (Fsp3) is 0.273. The molecule has 7 nitrogen and oxygen atoms in total. The number of fused-ring (bicyclic) bond motifs is 2. The van der Waals surface area contributed by atoms with Crippen LogP contribution in [0.1, 0.15) is 40.5 Å². The van der Waals surface area contributed by atoms with Crippen molar-refractivity contribution in [3.63, 3.8) is 0 Å². The number of aromatic amines is 1. The maximum Gasteiger partial charge on any atom is 0.417 e. The summed E-state index contributed by atoms with van der Waals surface area (Å²) in [6, 6.07) is 10.3. The lowest BCUT2D eigenvalue weighted by molar-refractivity contribution is -0.136. The van der Waals surface area contributed by atoms with E-state index < -0.39 is 11.7 Å². The number of aromatic nitrogens is 4. The molecular formula is C22H19F3N6O. The number of carbonyl (C=O) groups is 1. The molecule has 5 rings (SSSR count). The van der Waals surface area contributed by atoms with Crippen LogP contribution in [0.3, 0.4) is 0 Å². The minimum atomic E-state index is -4.61. The van der Waals surface area contributed by atoms with Gasteiger partial charge in [-0.3, -0.25) is 14.9 Å². The first-order chi connectivity index (χ1) is 15.3. The number of nitrogens with zero attached hydrogens (tertiary/aromatic N) is 4. The molecule has 32 heavy (non-hydrogen) atoms. The van der Waals surface area contributed by atoms with Gasteiger partial charge in [0.2, 0.25) is 0 Å². The standard InChI is InChI=1S/C22H19F3N6O/c23-22(24,25)15-10-16(28-20-17(15)19(26)29-30-20)13-5-3-9-31(11-13)21(32)18-14-6-2-1-4-12(14)7-8-27-18/h1-2,4,6-8,10,13H,3,5,9,11H2,(H3,26,28,29,30)/t13-/m1/s1. The van der Waals surface area contributed by atoms with E-state index in [1.165, 1.54) is 0 Å². The van der Waals surface area contributed by atoms with Gasteiger partial charge in [-0.1, -0.05) is 24.3 Å². The molecule has 0 spiro atoms. The van der Waals surface area contributed by atoms with Crippen molar-refractivity contribution in [2.75, 3.05) is 18.8 Å². The van der Waals surface area contributed by atoms with Crippen molar-refractivity contribution in [1.82, 2.24) is 25.1 Å². The Hall–Kier alpha value is -3.69. The summed E-state index contributed by atoms with van der Waals surface area (Å²) < 4.78 is 41.1. The highest BCUT2D eigenvalue weighted by Crippen LogP contribution is 2.38. The van der Waals surface area contributed by atoms with Crippen molar-refractivity contribution in [1.29, 1.82) is 0 Å². The Morgan fingerprint density at radius 1 is 1.22 bits per heavy atom. The summed E-state index contributed by atoms with van der Waals surface area (Å²) >= 11 is 0. The molecule has 0 unspecified atom stereocenters. The number of nitrogen functional groups attached to an aromatic ring is 1. The second kappa shape index (κ2) is 7.47.